The summed E-state index contributed by atoms with van der Waals surface area (Å²) in [6.07, 6.45) is 13.2. The van der Waals surface area contributed by atoms with Crippen LogP contribution in [0.5, 0.6) is 0 Å². The minimum Gasteiger partial charge on any atom is -0.450 e. The van der Waals surface area contributed by atoms with Crippen molar-refractivity contribution < 1.29 is 9.53 Å². The molecule has 0 aliphatic carbocycles. The molecule has 1 amide bonds. The predicted molar refractivity (Wildman–Crippen MR) is 81.5 cm³/mol. The largest absolute Gasteiger partial charge is 0.450 e. The van der Waals surface area contributed by atoms with Crippen molar-refractivity contribution in [3.05, 3.63) is 0 Å². The van der Waals surface area contributed by atoms with Crippen LogP contribution in [0.25, 0.3) is 0 Å². The number of rotatable bonds is 13. The SMILES string of the molecule is CCCCCCCCOC(=O)NCCCCCCC. The average Bonchev–Trinajstić information content (AvgIpc) is 2.41. The quantitative estimate of drug-likeness (QED) is 0.476. The molecule has 0 aliphatic rings. The third kappa shape index (κ3) is 15.2. The van der Waals surface area contributed by atoms with Crippen LogP contribution < -0.4 is 5.32 Å². The van der Waals surface area contributed by atoms with Gasteiger partial charge in [-0.15, -0.1) is 0 Å². The van der Waals surface area contributed by atoms with Crippen molar-refractivity contribution in [2.24, 2.45) is 0 Å². The van der Waals surface area contributed by atoms with Crippen LogP contribution in [0.4, 0.5) is 4.79 Å². The summed E-state index contributed by atoms with van der Waals surface area (Å²) in [6.45, 7) is 5.74. The number of ether oxygens (including phenoxy) is 1. The Bertz CT molecular complexity index is 195. The van der Waals surface area contributed by atoms with Crippen LogP contribution in [-0.2, 0) is 4.74 Å². The van der Waals surface area contributed by atoms with E-state index in [0.29, 0.717) is 6.61 Å². The van der Waals surface area contributed by atoms with Crippen LogP contribution in [0.2, 0.25) is 0 Å². The highest BCUT2D eigenvalue weighted by atomic mass is 16.5. The molecular weight excluding hydrogens is 238 g/mol. The van der Waals surface area contributed by atoms with Gasteiger partial charge in [-0.25, -0.2) is 4.79 Å². The lowest BCUT2D eigenvalue weighted by molar-refractivity contribution is 0.143. The normalized spacial score (nSPS) is 10.4. The van der Waals surface area contributed by atoms with E-state index in [0.717, 1.165) is 19.4 Å². The van der Waals surface area contributed by atoms with Gasteiger partial charge >= 0.3 is 6.09 Å². The second kappa shape index (κ2) is 15.3. The maximum absolute atomic E-state index is 11.3. The van der Waals surface area contributed by atoms with Gasteiger partial charge in [0, 0.05) is 6.54 Å². The lowest BCUT2D eigenvalue weighted by Gasteiger charge is -2.06. The maximum atomic E-state index is 11.3. The van der Waals surface area contributed by atoms with Gasteiger partial charge in [-0.05, 0) is 12.8 Å². The number of alkyl carbamates (subject to hydrolysis) is 1. The number of hydrogen-bond donors (Lipinski definition) is 1. The summed E-state index contributed by atoms with van der Waals surface area (Å²) in [6, 6.07) is 0. The maximum Gasteiger partial charge on any atom is 0.407 e. The summed E-state index contributed by atoms with van der Waals surface area (Å²) >= 11 is 0. The third-order valence-electron chi connectivity index (χ3n) is 3.28. The van der Waals surface area contributed by atoms with Gasteiger partial charge in [0.15, 0.2) is 0 Å². The van der Waals surface area contributed by atoms with Gasteiger partial charge < -0.3 is 10.1 Å². The van der Waals surface area contributed by atoms with Crippen molar-refractivity contribution >= 4 is 6.09 Å². The predicted octanol–water partition coefficient (Wildman–Crippen LogP) is 5.04. The molecule has 0 rings (SSSR count). The van der Waals surface area contributed by atoms with Crippen LogP contribution in [0.1, 0.15) is 84.5 Å². The van der Waals surface area contributed by atoms with Crippen LogP contribution in [0.3, 0.4) is 0 Å². The number of amides is 1. The van der Waals surface area contributed by atoms with E-state index in [1.165, 1.54) is 57.8 Å². The first-order valence-corrected chi connectivity index (χ1v) is 8.21. The van der Waals surface area contributed by atoms with Crippen LogP contribution in [-0.4, -0.2) is 19.2 Å². The summed E-state index contributed by atoms with van der Waals surface area (Å²) in [7, 11) is 0. The van der Waals surface area contributed by atoms with Gasteiger partial charge in [-0.1, -0.05) is 71.6 Å². The molecule has 0 aliphatic heterocycles. The number of carbonyl (C=O) groups excluding carboxylic acids is 1. The summed E-state index contributed by atoms with van der Waals surface area (Å²) in [5.74, 6) is 0. The van der Waals surface area contributed by atoms with Crippen molar-refractivity contribution in [2.45, 2.75) is 84.5 Å². The minimum atomic E-state index is -0.246. The molecule has 0 radical (unpaired) electrons. The smallest absolute Gasteiger partial charge is 0.407 e. The molecule has 0 fully saturated rings. The zero-order valence-electron chi connectivity index (χ0n) is 13.0. The lowest BCUT2D eigenvalue weighted by atomic mass is 10.1. The van der Waals surface area contributed by atoms with Gasteiger partial charge in [0.2, 0.25) is 0 Å². The standard InChI is InChI=1S/C16H33NO2/c1-3-5-7-9-11-13-15-19-16(18)17-14-12-10-8-6-4-2/h3-15H2,1-2H3,(H,17,18). The van der Waals surface area contributed by atoms with E-state index < -0.39 is 0 Å². The summed E-state index contributed by atoms with van der Waals surface area (Å²) in [5.41, 5.74) is 0. The van der Waals surface area contributed by atoms with E-state index in [-0.39, 0.29) is 6.09 Å². The summed E-state index contributed by atoms with van der Waals surface area (Å²) in [5, 5.41) is 2.81. The van der Waals surface area contributed by atoms with E-state index in [2.05, 4.69) is 19.2 Å². The molecule has 3 nitrogen and oxygen atoms in total. The first kappa shape index (κ1) is 18.3. The van der Waals surface area contributed by atoms with Crippen LogP contribution in [0, 0.1) is 0 Å². The summed E-state index contributed by atoms with van der Waals surface area (Å²) in [4.78, 5) is 11.3. The molecule has 0 saturated carbocycles. The molecule has 19 heavy (non-hydrogen) atoms. The Morgan fingerprint density at radius 3 is 1.95 bits per heavy atom. The molecule has 0 aromatic rings. The average molecular weight is 271 g/mol. The fourth-order valence-electron chi connectivity index (χ4n) is 2.02. The molecule has 0 heterocycles. The fourth-order valence-corrected chi connectivity index (χ4v) is 2.02. The zero-order chi connectivity index (χ0) is 14.2. The van der Waals surface area contributed by atoms with Gasteiger partial charge in [0.25, 0.3) is 0 Å². The Kier molecular flexibility index (Phi) is 14.7. The van der Waals surface area contributed by atoms with Gasteiger partial charge in [0.05, 0.1) is 6.61 Å². The molecule has 114 valence electrons. The number of unbranched alkanes of at least 4 members (excludes halogenated alkanes) is 9. The van der Waals surface area contributed by atoms with E-state index in [1.54, 1.807) is 0 Å². The molecule has 0 aromatic heterocycles. The van der Waals surface area contributed by atoms with E-state index in [1.807, 2.05) is 0 Å². The Hall–Kier alpha value is -0.730. The topological polar surface area (TPSA) is 38.3 Å². The summed E-state index contributed by atoms with van der Waals surface area (Å²) < 4.78 is 5.13. The van der Waals surface area contributed by atoms with Crippen LogP contribution >= 0.6 is 0 Å². The zero-order valence-corrected chi connectivity index (χ0v) is 13.0. The molecule has 0 bridgehead atoms. The Labute approximate surface area is 119 Å². The Morgan fingerprint density at radius 2 is 1.32 bits per heavy atom. The number of carbonyl (C=O) groups is 1. The Balaban J connectivity index is 3.13. The molecule has 0 spiro atoms. The highest BCUT2D eigenvalue weighted by Crippen LogP contribution is 2.05. The molecule has 0 atom stereocenters. The molecule has 0 unspecified atom stereocenters. The molecule has 3 heteroatoms. The lowest BCUT2D eigenvalue weighted by Crippen LogP contribution is -2.25. The van der Waals surface area contributed by atoms with Crippen molar-refractivity contribution in [3.63, 3.8) is 0 Å². The number of hydrogen-bond acceptors (Lipinski definition) is 2. The third-order valence-corrected chi connectivity index (χ3v) is 3.28. The van der Waals surface area contributed by atoms with E-state index in [4.69, 9.17) is 4.74 Å². The van der Waals surface area contributed by atoms with Gasteiger partial charge in [-0.3, -0.25) is 0 Å². The number of nitrogens with one attached hydrogen (secondary N) is 1. The molecule has 1 N–H and O–H groups in total. The van der Waals surface area contributed by atoms with Crippen molar-refractivity contribution in [2.75, 3.05) is 13.2 Å². The first-order valence-electron chi connectivity index (χ1n) is 8.21. The van der Waals surface area contributed by atoms with Gasteiger partial charge in [0.1, 0.15) is 0 Å². The second-order valence-electron chi connectivity index (χ2n) is 5.24. The van der Waals surface area contributed by atoms with E-state index >= 15 is 0 Å². The minimum absolute atomic E-state index is 0.246. The second-order valence-corrected chi connectivity index (χ2v) is 5.24. The highest BCUT2D eigenvalue weighted by Gasteiger charge is 2.00. The monoisotopic (exact) mass is 271 g/mol. The fraction of sp³-hybridized carbons (Fsp3) is 0.938. The van der Waals surface area contributed by atoms with Crippen molar-refractivity contribution in [3.8, 4) is 0 Å². The highest BCUT2D eigenvalue weighted by molar-refractivity contribution is 5.66. The molecular formula is C16H33NO2. The Morgan fingerprint density at radius 1 is 0.789 bits per heavy atom. The van der Waals surface area contributed by atoms with Crippen LogP contribution in [0.15, 0.2) is 0 Å². The molecule has 0 saturated heterocycles. The van der Waals surface area contributed by atoms with Crippen molar-refractivity contribution in [1.82, 2.24) is 5.32 Å². The molecule has 0 aromatic carbocycles. The van der Waals surface area contributed by atoms with Crippen molar-refractivity contribution in [1.29, 1.82) is 0 Å². The van der Waals surface area contributed by atoms with E-state index in [9.17, 15) is 4.79 Å². The van der Waals surface area contributed by atoms with Gasteiger partial charge in [-0.2, -0.15) is 0 Å². The first-order chi connectivity index (χ1) is 9.31.